The largest absolute Gasteiger partial charge is 0.453 e. The Hall–Kier alpha value is -2.07. The summed E-state index contributed by atoms with van der Waals surface area (Å²) in [6.45, 7) is 9.11. The van der Waals surface area contributed by atoms with Crippen LogP contribution in [0.25, 0.3) is 0 Å². The summed E-state index contributed by atoms with van der Waals surface area (Å²) in [4.78, 5) is 27.0. The maximum atomic E-state index is 13.6. The Morgan fingerprint density at radius 2 is 2.13 bits per heavy atom. The highest BCUT2D eigenvalue weighted by Crippen LogP contribution is 2.36. The zero-order valence-electron chi connectivity index (χ0n) is 23.2. The molecule has 2 aliphatic heterocycles. The van der Waals surface area contributed by atoms with Gasteiger partial charge in [-0.1, -0.05) is 24.6 Å². The molecule has 0 radical (unpaired) electrons. The summed E-state index contributed by atoms with van der Waals surface area (Å²) < 4.78 is 16.6. The molecule has 2 unspecified atom stereocenters. The number of carbonyl (C=O) groups is 2. The number of ether oxygens (including phenoxy) is 3. The van der Waals surface area contributed by atoms with Gasteiger partial charge in [0.2, 0.25) is 0 Å². The fraction of sp³-hybridized carbons (Fsp3) is 0.714. The lowest BCUT2D eigenvalue weighted by Crippen LogP contribution is -2.53. The van der Waals surface area contributed by atoms with E-state index in [1.807, 2.05) is 36.9 Å². The third-order valence-electron chi connectivity index (χ3n) is 7.39. The second kappa shape index (κ2) is 16.1. The van der Waals surface area contributed by atoms with Crippen molar-refractivity contribution in [3.63, 3.8) is 0 Å². The Kier molecular flexibility index (Phi) is 12.9. The molecular weight excluding hydrogens is 508 g/mol. The van der Waals surface area contributed by atoms with Crippen LogP contribution in [0, 0.1) is 18.8 Å². The van der Waals surface area contributed by atoms with Crippen LogP contribution in [0.4, 0.5) is 9.59 Å². The smallest absolute Gasteiger partial charge is 0.406 e. The number of carbonyl (C=O) groups excluding carboxylic acids is 2. The molecule has 1 aromatic rings. The van der Waals surface area contributed by atoms with Crippen LogP contribution in [0.3, 0.4) is 0 Å². The van der Waals surface area contributed by atoms with Crippen molar-refractivity contribution in [2.24, 2.45) is 11.8 Å². The van der Waals surface area contributed by atoms with Crippen molar-refractivity contribution in [2.45, 2.75) is 58.5 Å². The first-order valence-electron chi connectivity index (χ1n) is 14.0. The van der Waals surface area contributed by atoms with E-state index >= 15 is 0 Å². The van der Waals surface area contributed by atoms with Gasteiger partial charge in [0.1, 0.15) is 0 Å². The number of piperidine rings is 1. The van der Waals surface area contributed by atoms with Gasteiger partial charge in [-0.3, -0.25) is 5.01 Å². The summed E-state index contributed by atoms with van der Waals surface area (Å²) >= 11 is 6.37. The summed E-state index contributed by atoms with van der Waals surface area (Å²) in [6.07, 6.45) is 5.46. The molecule has 3 amide bonds. The maximum Gasteiger partial charge on any atom is 0.406 e. The van der Waals surface area contributed by atoms with Gasteiger partial charge in [0.15, 0.2) is 0 Å². The predicted octanol–water partition coefficient (Wildman–Crippen LogP) is 4.93. The van der Waals surface area contributed by atoms with Gasteiger partial charge in [-0.2, -0.15) is 0 Å². The van der Waals surface area contributed by atoms with Crippen molar-refractivity contribution >= 4 is 23.7 Å². The van der Waals surface area contributed by atoms with E-state index in [1.54, 1.807) is 5.01 Å². The molecule has 0 bridgehead atoms. The summed E-state index contributed by atoms with van der Waals surface area (Å²) in [6, 6.07) is 5.85. The van der Waals surface area contributed by atoms with Crippen LogP contribution in [-0.2, 0) is 14.2 Å². The SMILES string of the molecule is CCNN(CCCC1CCCOC1)C(=O)N1CCCC([C@@H](OCCNC(=O)OC)c2cc(Cl)ccc2C)C1. The van der Waals surface area contributed by atoms with Crippen molar-refractivity contribution in [1.82, 2.24) is 20.7 Å². The molecule has 214 valence electrons. The normalized spacial score (nSPS) is 20.6. The number of rotatable bonds is 12. The quantitative estimate of drug-likeness (QED) is 0.282. The second-order valence-corrected chi connectivity index (χ2v) is 10.7. The molecule has 2 fully saturated rings. The number of amides is 3. The number of hydrazine groups is 1. The van der Waals surface area contributed by atoms with Gasteiger partial charge < -0.3 is 24.4 Å². The molecule has 0 aliphatic carbocycles. The zero-order valence-corrected chi connectivity index (χ0v) is 23.9. The van der Waals surface area contributed by atoms with E-state index in [-0.39, 0.29) is 18.1 Å². The van der Waals surface area contributed by atoms with E-state index in [2.05, 4.69) is 15.5 Å². The second-order valence-electron chi connectivity index (χ2n) is 10.2. The van der Waals surface area contributed by atoms with E-state index in [0.29, 0.717) is 43.7 Å². The van der Waals surface area contributed by atoms with Gasteiger partial charge in [0.25, 0.3) is 0 Å². The fourth-order valence-electron chi connectivity index (χ4n) is 5.42. The molecule has 0 spiro atoms. The number of hydrogen-bond acceptors (Lipinski definition) is 6. The number of aryl methyl sites for hydroxylation is 1. The molecule has 2 N–H and O–H groups in total. The number of benzene rings is 1. The van der Waals surface area contributed by atoms with Crippen molar-refractivity contribution in [2.75, 3.05) is 59.7 Å². The van der Waals surface area contributed by atoms with E-state index in [1.165, 1.54) is 13.5 Å². The Labute approximate surface area is 232 Å². The Bertz CT molecular complexity index is 883. The highest BCUT2D eigenvalue weighted by Gasteiger charge is 2.33. The van der Waals surface area contributed by atoms with Crippen LogP contribution in [0.1, 0.15) is 62.7 Å². The molecule has 0 saturated carbocycles. The van der Waals surface area contributed by atoms with Gasteiger partial charge in [-0.25, -0.2) is 15.0 Å². The average Bonchev–Trinajstić information content (AvgIpc) is 2.94. The number of nitrogens with one attached hydrogen (secondary N) is 2. The minimum atomic E-state index is -0.488. The molecule has 2 saturated heterocycles. The molecule has 3 rings (SSSR count). The number of halogens is 1. The number of hydrogen-bond donors (Lipinski definition) is 2. The summed E-state index contributed by atoms with van der Waals surface area (Å²) in [5.41, 5.74) is 5.39. The van der Waals surface area contributed by atoms with E-state index in [9.17, 15) is 9.59 Å². The lowest BCUT2D eigenvalue weighted by molar-refractivity contribution is -0.0120. The Morgan fingerprint density at radius 3 is 2.87 bits per heavy atom. The standard InChI is InChI=1S/C28H45ClN4O5/c1-4-31-33(15-5-8-22-9-7-16-37-20-22)28(35)32-14-6-10-23(19-32)26(38-17-13-30-27(34)36-3)25-18-24(29)12-11-21(25)2/h11-12,18,22-23,26,31H,4-10,13-17,19-20H2,1-3H3,(H,30,34)/t22?,23?,26-/m1/s1. The molecule has 2 aliphatic rings. The van der Waals surface area contributed by atoms with Crippen molar-refractivity contribution in [1.29, 1.82) is 0 Å². The Morgan fingerprint density at radius 1 is 1.29 bits per heavy atom. The van der Waals surface area contributed by atoms with E-state index < -0.39 is 6.09 Å². The molecule has 2 heterocycles. The van der Waals surface area contributed by atoms with Crippen LogP contribution < -0.4 is 10.7 Å². The van der Waals surface area contributed by atoms with Crippen LogP contribution in [0.2, 0.25) is 5.02 Å². The first-order chi connectivity index (χ1) is 18.4. The minimum absolute atomic E-state index is 0.0189. The third-order valence-corrected chi connectivity index (χ3v) is 7.62. The molecule has 38 heavy (non-hydrogen) atoms. The Balaban J connectivity index is 1.65. The lowest BCUT2D eigenvalue weighted by atomic mass is 9.86. The highest BCUT2D eigenvalue weighted by molar-refractivity contribution is 6.30. The van der Waals surface area contributed by atoms with E-state index in [4.69, 9.17) is 21.1 Å². The minimum Gasteiger partial charge on any atom is -0.453 e. The third kappa shape index (κ3) is 9.29. The van der Waals surface area contributed by atoms with Crippen molar-refractivity contribution < 1.29 is 23.8 Å². The van der Waals surface area contributed by atoms with Crippen LogP contribution in [0.15, 0.2) is 18.2 Å². The molecule has 10 heteroatoms. The van der Waals surface area contributed by atoms with Gasteiger partial charge in [0, 0.05) is 56.9 Å². The van der Waals surface area contributed by atoms with Crippen molar-refractivity contribution in [3.8, 4) is 0 Å². The summed E-state index contributed by atoms with van der Waals surface area (Å²) in [7, 11) is 1.34. The van der Waals surface area contributed by atoms with Crippen LogP contribution >= 0.6 is 11.6 Å². The molecule has 0 aromatic heterocycles. The first kappa shape index (κ1) is 30.5. The number of urea groups is 1. The number of nitrogens with zero attached hydrogens (tertiary/aromatic N) is 2. The topological polar surface area (TPSA) is 92.4 Å². The number of methoxy groups -OCH3 is 1. The first-order valence-corrected chi connectivity index (χ1v) is 14.4. The van der Waals surface area contributed by atoms with Gasteiger partial charge >= 0.3 is 12.1 Å². The monoisotopic (exact) mass is 552 g/mol. The molecule has 1 aromatic carbocycles. The van der Waals surface area contributed by atoms with Crippen molar-refractivity contribution in [3.05, 3.63) is 34.3 Å². The lowest BCUT2D eigenvalue weighted by Gasteiger charge is -2.39. The average molecular weight is 553 g/mol. The molecule has 3 atom stereocenters. The number of alkyl carbamates (subject to hydrolysis) is 1. The molecular formula is C28H45ClN4O5. The van der Waals surface area contributed by atoms with Crippen LogP contribution in [0.5, 0.6) is 0 Å². The van der Waals surface area contributed by atoms with Gasteiger partial charge in [-0.05, 0) is 74.6 Å². The van der Waals surface area contributed by atoms with Crippen LogP contribution in [-0.4, -0.2) is 81.7 Å². The number of likely N-dealkylation sites (tertiary alicyclic amines) is 1. The van der Waals surface area contributed by atoms with Gasteiger partial charge in [0.05, 0.1) is 19.8 Å². The predicted molar refractivity (Wildman–Crippen MR) is 148 cm³/mol. The summed E-state index contributed by atoms with van der Waals surface area (Å²) in [5, 5.41) is 5.10. The van der Waals surface area contributed by atoms with E-state index in [0.717, 1.165) is 63.0 Å². The highest BCUT2D eigenvalue weighted by atomic mass is 35.5. The fourth-order valence-corrected chi connectivity index (χ4v) is 5.60. The van der Waals surface area contributed by atoms with Gasteiger partial charge in [-0.15, -0.1) is 0 Å². The maximum absolute atomic E-state index is 13.6. The molecule has 9 nitrogen and oxygen atoms in total. The summed E-state index contributed by atoms with van der Waals surface area (Å²) in [5.74, 6) is 0.695. The zero-order chi connectivity index (χ0) is 27.3.